The van der Waals surface area contributed by atoms with Gasteiger partial charge in [-0.2, -0.15) is 0 Å². The van der Waals surface area contributed by atoms with Gasteiger partial charge < -0.3 is 24.1 Å². The van der Waals surface area contributed by atoms with E-state index in [1.54, 1.807) is 7.05 Å². The Morgan fingerprint density at radius 2 is 1.27 bits per heavy atom. The topological polar surface area (TPSA) is 77.1 Å². The second-order valence-corrected chi connectivity index (χ2v) is 20.7. The van der Waals surface area contributed by atoms with Gasteiger partial charge in [0, 0.05) is 44.2 Å². The van der Waals surface area contributed by atoms with Crippen molar-refractivity contribution in [3.63, 3.8) is 0 Å². The molecule has 0 aromatic heterocycles. The quantitative estimate of drug-likeness (QED) is 0.0433. The minimum absolute atomic E-state index is 0.0449. The van der Waals surface area contributed by atoms with E-state index in [9.17, 15) is 9.59 Å². The molecule has 1 atom stereocenters. The molecule has 0 saturated carbocycles. The van der Waals surface area contributed by atoms with Gasteiger partial charge in [0.2, 0.25) is 0 Å². The molecule has 0 aliphatic heterocycles. The first-order valence-electron chi connectivity index (χ1n) is 21.0. The van der Waals surface area contributed by atoms with Crippen LogP contribution >= 0.6 is 0 Å². The van der Waals surface area contributed by atoms with Crippen molar-refractivity contribution in [2.45, 2.75) is 122 Å². The van der Waals surface area contributed by atoms with Gasteiger partial charge in [0.25, 0.3) is 8.32 Å². The van der Waals surface area contributed by atoms with Crippen LogP contribution in [0, 0.1) is 0 Å². The number of fused-ring (bicyclic) bond motifs is 1. The Hall–Kier alpha value is -4.14. The number of ether oxygens (including phenoxy) is 2. The lowest BCUT2D eigenvalue weighted by molar-refractivity contribution is 0.0344. The summed E-state index contributed by atoms with van der Waals surface area (Å²) in [6, 6.07) is 30.8. The van der Waals surface area contributed by atoms with Crippen LogP contribution in [0.1, 0.15) is 122 Å². The molecule has 0 fully saturated rings. The van der Waals surface area contributed by atoms with E-state index in [0.717, 1.165) is 39.7 Å². The number of nitrogens with zero attached hydrogens (tertiary/aromatic N) is 1. The minimum atomic E-state index is -2.92. The van der Waals surface area contributed by atoms with Crippen molar-refractivity contribution < 1.29 is 23.5 Å². The Balaban J connectivity index is 1.51. The Kier molecular flexibility index (Phi) is 18.0. The molecule has 0 spiro atoms. The van der Waals surface area contributed by atoms with Crippen molar-refractivity contribution in [1.29, 1.82) is 0 Å². The van der Waals surface area contributed by atoms with Crippen molar-refractivity contribution in [2.24, 2.45) is 0 Å². The third-order valence-electron chi connectivity index (χ3n) is 10.8. The van der Waals surface area contributed by atoms with E-state index in [-0.39, 0.29) is 24.0 Å². The Labute approximate surface area is 338 Å². The van der Waals surface area contributed by atoms with Crippen LogP contribution in [0.25, 0.3) is 10.8 Å². The van der Waals surface area contributed by atoms with Crippen LogP contribution in [0.4, 0.5) is 10.5 Å². The van der Waals surface area contributed by atoms with Gasteiger partial charge in [-0.15, -0.1) is 0 Å². The van der Waals surface area contributed by atoms with Crippen LogP contribution in [0.2, 0.25) is 5.04 Å². The summed E-state index contributed by atoms with van der Waals surface area (Å²) in [7, 11) is 2.63. The number of anilines is 1. The molecule has 8 heteroatoms. The second-order valence-electron chi connectivity index (χ2n) is 16.4. The zero-order valence-electron chi connectivity index (χ0n) is 35.3. The molecule has 1 amide bonds. The summed E-state index contributed by atoms with van der Waals surface area (Å²) in [5, 5.41) is 6.44. The Bertz CT molecular complexity index is 1730. The van der Waals surface area contributed by atoms with Gasteiger partial charge in [0.1, 0.15) is 12.4 Å². The van der Waals surface area contributed by atoms with Gasteiger partial charge in [-0.25, -0.2) is 4.79 Å². The van der Waals surface area contributed by atoms with Gasteiger partial charge >= 0.3 is 6.09 Å². The van der Waals surface area contributed by atoms with E-state index in [1.807, 2.05) is 49.3 Å². The molecule has 0 unspecified atom stereocenters. The molecule has 304 valence electrons. The largest absolute Gasteiger partial charge is 0.489 e. The van der Waals surface area contributed by atoms with Crippen LogP contribution in [0.5, 0.6) is 5.75 Å². The lowest BCUT2D eigenvalue weighted by Gasteiger charge is -2.43. The first kappa shape index (κ1) is 44.6. The summed E-state index contributed by atoms with van der Waals surface area (Å²) >= 11 is 0. The zero-order chi connectivity index (χ0) is 40.4. The molecule has 0 saturated heterocycles. The highest BCUT2D eigenvalue weighted by Crippen LogP contribution is 2.37. The van der Waals surface area contributed by atoms with E-state index >= 15 is 0 Å². The fourth-order valence-electron chi connectivity index (χ4n) is 7.63. The average molecular weight is 781 g/mol. The summed E-state index contributed by atoms with van der Waals surface area (Å²) in [6.45, 7) is 9.10. The van der Waals surface area contributed by atoms with E-state index in [1.165, 1.54) is 64.2 Å². The van der Waals surface area contributed by atoms with E-state index in [2.05, 4.69) is 93.7 Å². The molecule has 7 nitrogen and oxygen atoms in total. The van der Waals surface area contributed by atoms with Gasteiger partial charge in [-0.3, -0.25) is 4.79 Å². The number of rotatable bonds is 24. The van der Waals surface area contributed by atoms with Crippen LogP contribution in [0.3, 0.4) is 0 Å². The molecule has 0 aliphatic rings. The first-order valence-corrected chi connectivity index (χ1v) is 23.0. The van der Waals surface area contributed by atoms with Crippen molar-refractivity contribution in [3.8, 4) is 5.75 Å². The Morgan fingerprint density at radius 1 is 0.714 bits per heavy atom. The second kappa shape index (κ2) is 22.6. The molecule has 0 radical (unpaired) electrons. The van der Waals surface area contributed by atoms with Crippen molar-refractivity contribution >= 4 is 47.0 Å². The summed E-state index contributed by atoms with van der Waals surface area (Å²) in [4.78, 5) is 28.4. The summed E-state index contributed by atoms with van der Waals surface area (Å²) in [5.74, 6) is 0.703. The highest BCUT2D eigenvalue weighted by Gasteiger charge is 2.50. The molecule has 4 rings (SSSR count). The van der Waals surface area contributed by atoms with Gasteiger partial charge in [-0.05, 0) is 51.5 Å². The highest BCUT2D eigenvalue weighted by atomic mass is 28.4. The van der Waals surface area contributed by atoms with Crippen molar-refractivity contribution in [1.82, 2.24) is 5.32 Å². The number of hydrogen-bond acceptors (Lipinski definition) is 6. The summed E-state index contributed by atoms with van der Waals surface area (Å²) in [5.41, 5.74) is 1.66. The van der Waals surface area contributed by atoms with Crippen LogP contribution < -0.4 is 25.3 Å². The van der Waals surface area contributed by atoms with Crippen molar-refractivity contribution in [2.75, 3.05) is 39.3 Å². The molecule has 0 heterocycles. The number of ketones is 1. The predicted octanol–water partition coefficient (Wildman–Crippen LogP) is 10.9. The average Bonchev–Trinajstić information content (AvgIpc) is 3.20. The maximum Gasteiger partial charge on any atom is 0.407 e. The molecular formula is C48H68N2O5Si. The molecule has 0 aliphatic carbocycles. The fourth-order valence-corrected chi connectivity index (χ4v) is 12.2. The van der Waals surface area contributed by atoms with Gasteiger partial charge in [-0.1, -0.05) is 165 Å². The number of unbranched alkanes of at least 4 members (excludes halogenated alkanes) is 11. The van der Waals surface area contributed by atoms with Crippen molar-refractivity contribution in [3.05, 3.63) is 96.6 Å². The summed E-state index contributed by atoms with van der Waals surface area (Å²) in [6.07, 6.45) is 14.3. The van der Waals surface area contributed by atoms with E-state index < -0.39 is 20.5 Å². The molecular weight excluding hydrogens is 713 g/mol. The van der Waals surface area contributed by atoms with E-state index in [0.29, 0.717) is 17.7 Å². The summed E-state index contributed by atoms with van der Waals surface area (Å²) < 4.78 is 19.7. The predicted molar refractivity (Wildman–Crippen MR) is 237 cm³/mol. The van der Waals surface area contributed by atoms with E-state index in [4.69, 9.17) is 13.9 Å². The smallest absolute Gasteiger partial charge is 0.407 e. The number of Topliss-reactive ketones (excluding diaryl/α,β-unsaturated/α-hetero) is 1. The van der Waals surface area contributed by atoms with Gasteiger partial charge in [0.05, 0.1) is 6.61 Å². The SMILES string of the molecule is CCCCCCCCCCCCCCC(=O)c1cc(OC[C@H](CO[Si](c2ccccc2)(c2ccccc2)C(C)(C)C)OC(=O)NC)c2cc(N(C)C)ccc2c1. The third kappa shape index (κ3) is 12.7. The Morgan fingerprint density at radius 3 is 1.79 bits per heavy atom. The number of benzene rings is 4. The molecule has 4 aromatic carbocycles. The lowest BCUT2D eigenvalue weighted by atomic mass is 9.99. The molecule has 4 aromatic rings. The molecule has 1 N–H and O–H groups in total. The maximum absolute atomic E-state index is 13.6. The highest BCUT2D eigenvalue weighted by molar-refractivity contribution is 6.99. The number of hydrogen-bond donors (Lipinski definition) is 1. The number of carbonyl (C=O) groups is 2. The maximum atomic E-state index is 13.6. The fraction of sp³-hybridized carbons (Fsp3) is 0.500. The lowest BCUT2D eigenvalue weighted by Crippen LogP contribution is -2.67. The standard InChI is InChI=1S/C48H68N2O5Si/c1-8-9-10-11-12-13-14-15-16-17-18-25-30-45(51)39-33-38-31-32-40(50(6)7)35-44(38)46(34-39)53-36-41(55-47(52)49-5)37-54-56(48(2,3)4,42-26-21-19-22-27-42)43-28-23-20-24-29-43/h19-24,26-29,31-35,41H,8-18,25,30,36-37H2,1-7H3,(H,49,52)/t41-/m1/s1. The number of carbonyl (C=O) groups excluding carboxylic acids is 2. The van der Waals surface area contributed by atoms with Gasteiger partial charge in [0.15, 0.2) is 11.9 Å². The van der Waals surface area contributed by atoms with Crippen LogP contribution in [-0.2, 0) is 9.16 Å². The first-order chi connectivity index (χ1) is 27.0. The number of alkyl carbamates (subject to hydrolysis) is 1. The number of nitrogens with one attached hydrogen (secondary N) is 1. The monoisotopic (exact) mass is 780 g/mol. The van der Waals surface area contributed by atoms with Crippen LogP contribution in [-0.4, -0.2) is 60.7 Å². The molecule has 0 bridgehead atoms. The third-order valence-corrected chi connectivity index (χ3v) is 15.8. The molecule has 56 heavy (non-hydrogen) atoms. The normalized spacial score (nSPS) is 12.3. The minimum Gasteiger partial charge on any atom is -0.489 e. The zero-order valence-corrected chi connectivity index (χ0v) is 36.3. The number of amides is 1. The van der Waals surface area contributed by atoms with Crippen LogP contribution in [0.15, 0.2) is 91.0 Å².